The van der Waals surface area contributed by atoms with Gasteiger partial charge in [0.05, 0.1) is 12.7 Å². The third kappa shape index (κ3) is 2.97. The van der Waals surface area contributed by atoms with Crippen LogP contribution in [0.5, 0.6) is 0 Å². The summed E-state index contributed by atoms with van der Waals surface area (Å²) >= 11 is 1.07. The first-order chi connectivity index (χ1) is 9.44. The summed E-state index contributed by atoms with van der Waals surface area (Å²) in [4.78, 5) is 11.3. The summed E-state index contributed by atoms with van der Waals surface area (Å²) in [6.45, 7) is 0. The molecule has 0 saturated carbocycles. The third-order valence-electron chi connectivity index (χ3n) is 2.42. The summed E-state index contributed by atoms with van der Waals surface area (Å²) in [5.74, 6) is -1.20. The molecule has 1 N–H and O–H groups in total. The van der Waals surface area contributed by atoms with Gasteiger partial charge in [-0.25, -0.2) is 17.6 Å². The maximum Gasteiger partial charge on any atom is 0.340 e. The number of sulfonamides is 1. The van der Waals surface area contributed by atoms with Crippen molar-refractivity contribution >= 4 is 33.0 Å². The lowest BCUT2D eigenvalue weighted by molar-refractivity contribution is 0.0597. The van der Waals surface area contributed by atoms with Gasteiger partial charge in [0, 0.05) is 16.4 Å². The highest BCUT2D eigenvalue weighted by Gasteiger charge is 2.24. The number of thiophene rings is 1. The summed E-state index contributed by atoms with van der Waals surface area (Å²) < 4.78 is 43.9. The number of methoxy groups -OCH3 is 1. The van der Waals surface area contributed by atoms with Crippen molar-refractivity contribution in [1.29, 1.82) is 0 Å². The fraction of sp³-hybridized carbons (Fsp3) is 0.0833. The molecule has 0 saturated heterocycles. The largest absolute Gasteiger partial charge is 0.465 e. The molecule has 1 heterocycles. The number of ether oxygens (including phenoxy) is 1. The third-order valence-corrected chi connectivity index (χ3v) is 4.73. The zero-order valence-electron chi connectivity index (χ0n) is 10.3. The van der Waals surface area contributed by atoms with E-state index in [1.165, 1.54) is 30.0 Å². The predicted molar refractivity (Wildman–Crippen MR) is 72.9 cm³/mol. The van der Waals surface area contributed by atoms with Crippen LogP contribution in [0, 0.1) is 5.82 Å². The number of esters is 1. The van der Waals surface area contributed by atoms with Gasteiger partial charge < -0.3 is 4.74 Å². The minimum absolute atomic E-state index is 0.0351. The number of hydrogen-bond donors (Lipinski definition) is 1. The molecule has 2 rings (SSSR count). The minimum Gasteiger partial charge on any atom is -0.465 e. The second kappa shape index (κ2) is 5.59. The fourth-order valence-corrected chi connectivity index (χ4v) is 3.89. The number of carbonyl (C=O) groups excluding carboxylic acids is 1. The van der Waals surface area contributed by atoms with E-state index in [9.17, 15) is 17.6 Å². The molecule has 20 heavy (non-hydrogen) atoms. The molecule has 0 amide bonds. The molecule has 0 fully saturated rings. The van der Waals surface area contributed by atoms with Crippen molar-refractivity contribution in [3.8, 4) is 0 Å². The van der Waals surface area contributed by atoms with E-state index in [4.69, 9.17) is 0 Å². The van der Waals surface area contributed by atoms with Crippen LogP contribution in [-0.2, 0) is 14.8 Å². The van der Waals surface area contributed by atoms with Gasteiger partial charge in [0.15, 0.2) is 0 Å². The van der Waals surface area contributed by atoms with E-state index in [-0.39, 0.29) is 16.1 Å². The maximum atomic E-state index is 12.8. The number of carbonyl (C=O) groups is 1. The van der Waals surface area contributed by atoms with Crippen molar-refractivity contribution in [1.82, 2.24) is 0 Å². The molecule has 0 aliphatic carbocycles. The van der Waals surface area contributed by atoms with Gasteiger partial charge in [-0.15, -0.1) is 0 Å². The highest BCUT2D eigenvalue weighted by Crippen LogP contribution is 2.24. The van der Waals surface area contributed by atoms with Gasteiger partial charge in [-0.05, 0) is 24.3 Å². The minimum atomic E-state index is -3.93. The van der Waals surface area contributed by atoms with E-state index < -0.39 is 21.8 Å². The van der Waals surface area contributed by atoms with Gasteiger partial charge in [0.1, 0.15) is 10.7 Å². The van der Waals surface area contributed by atoms with E-state index >= 15 is 0 Å². The molecule has 0 unspecified atom stereocenters. The Morgan fingerprint density at radius 2 is 1.90 bits per heavy atom. The standard InChI is InChI=1S/C12H10FNO4S2/c1-18-12(15)10-6-19-7-11(10)20(16,17)14-9-4-2-8(13)3-5-9/h2-7,14H,1H3. The highest BCUT2D eigenvalue weighted by molar-refractivity contribution is 7.93. The summed E-state index contributed by atoms with van der Waals surface area (Å²) in [6, 6.07) is 4.84. The van der Waals surface area contributed by atoms with Crippen LogP contribution < -0.4 is 4.72 Å². The van der Waals surface area contributed by atoms with Crippen LogP contribution >= 0.6 is 11.3 Å². The summed E-state index contributed by atoms with van der Waals surface area (Å²) in [7, 11) is -2.76. The number of anilines is 1. The summed E-state index contributed by atoms with van der Waals surface area (Å²) in [6.07, 6.45) is 0. The lowest BCUT2D eigenvalue weighted by Crippen LogP contribution is -2.16. The molecule has 5 nitrogen and oxygen atoms in total. The first kappa shape index (κ1) is 14.5. The molecule has 1 aromatic carbocycles. The number of hydrogen-bond acceptors (Lipinski definition) is 5. The van der Waals surface area contributed by atoms with E-state index in [0.717, 1.165) is 23.5 Å². The maximum absolute atomic E-state index is 12.8. The van der Waals surface area contributed by atoms with Gasteiger partial charge in [-0.1, -0.05) is 0 Å². The number of halogens is 1. The first-order valence-electron chi connectivity index (χ1n) is 5.37. The Kier molecular flexibility index (Phi) is 4.05. The van der Waals surface area contributed by atoms with Crippen molar-refractivity contribution in [3.63, 3.8) is 0 Å². The second-order valence-corrected chi connectivity index (χ2v) is 6.15. The second-order valence-electron chi connectivity index (χ2n) is 3.75. The Morgan fingerprint density at radius 1 is 1.25 bits per heavy atom. The van der Waals surface area contributed by atoms with E-state index in [2.05, 4.69) is 9.46 Å². The quantitative estimate of drug-likeness (QED) is 0.880. The van der Waals surface area contributed by atoms with Gasteiger partial charge in [0.2, 0.25) is 0 Å². The SMILES string of the molecule is COC(=O)c1cscc1S(=O)(=O)Nc1ccc(F)cc1. The average molecular weight is 315 g/mol. The van der Waals surface area contributed by atoms with Crippen LogP contribution in [0.2, 0.25) is 0 Å². The molecule has 0 aliphatic rings. The molecule has 1 aromatic heterocycles. The summed E-state index contributed by atoms with van der Waals surface area (Å²) in [5, 5.41) is 2.73. The molecule has 0 radical (unpaired) electrons. The van der Waals surface area contributed by atoms with Crippen molar-refractivity contribution in [2.45, 2.75) is 4.90 Å². The molecule has 2 aromatic rings. The van der Waals surface area contributed by atoms with Crippen molar-refractivity contribution in [2.75, 3.05) is 11.8 Å². The molecule has 0 bridgehead atoms. The molecular weight excluding hydrogens is 305 g/mol. The Labute approximate surface area is 119 Å². The van der Waals surface area contributed by atoms with Crippen LogP contribution in [0.1, 0.15) is 10.4 Å². The van der Waals surface area contributed by atoms with Crippen LogP contribution in [0.3, 0.4) is 0 Å². The molecule has 106 valence electrons. The van der Waals surface area contributed by atoms with Crippen molar-refractivity contribution in [2.24, 2.45) is 0 Å². The van der Waals surface area contributed by atoms with Crippen LogP contribution in [0.4, 0.5) is 10.1 Å². The number of benzene rings is 1. The molecular formula is C12H10FNO4S2. The smallest absolute Gasteiger partial charge is 0.340 e. The lowest BCUT2D eigenvalue weighted by Gasteiger charge is -2.08. The predicted octanol–water partition coefficient (Wildman–Crippen LogP) is 2.47. The topological polar surface area (TPSA) is 72.5 Å². The van der Waals surface area contributed by atoms with Crippen molar-refractivity contribution < 1.29 is 22.3 Å². The zero-order valence-corrected chi connectivity index (χ0v) is 11.9. The Balaban J connectivity index is 2.34. The fourth-order valence-electron chi connectivity index (χ4n) is 1.48. The van der Waals surface area contributed by atoms with Crippen molar-refractivity contribution in [3.05, 3.63) is 46.4 Å². The van der Waals surface area contributed by atoms with E-state index in [0.29, 0.717) is 0 Å². The van der Waals surface area contributed by atoms with Crippen LogP contribution in [0.25, 0.3) is 0 Å². The Hall–Kier alpha value is -1.93. The summed E-state index contributed by atoms with van der Waals surface area (Å²) in [5.41, 5.74) is 0.167. The van der Waals surface area contributed by atoms with Gasteiger partial charge in [0.25, 0.3) is 10.0 Å². The Bertz CT molecular complexity index is 722. The zero-order chi connectivity index (χ0) is 14.8. The van der Waals surface area contributed by atoms with E-state index in [1.807, 2.05) is 0 Å². The highest BCUT2D eigenvalue weighted by atomic mass is 32.2. The Morgan fingerprint density at radius 3 is 2.50 bits per heavy atom. The number of rotatable bonds is 4. The van der Waals surface area contributed by atoms with Gasteiger partial charge in [-0.3, -0.25) is 4.72 Å². The van der Waals surface area contributed by atoms with Gasteiger partial charge in [-0.2, -0.15) is 11.3 Å². The van der Waals surface area contributed by atoms with Crippen LogP contribution in [-0.4, -0.2) is 21.5 Å². The average Bonchev–Trinajstić information content (AvgIpc) is 2.90. The molecule has 0 aliphatic heterocycles. The number of nitrogens with one attached hydrogen (secondary N) is 1. The monoisotopic (exact) mass is 315 g/mol. The first-order valence-corrected chi connectivity index (χ1v) is 7.79. The normalized spacial score (nSPS) is 11.1. The molecule has 8 heteroatoms. The molecule has 0 spiro atoms. The van der Waals surface area contributed by atoms with E-state index in [1.54, 1.807) is 0 Å². The van der Waals surface area contributed by atoms with Crippen LogP contribution in [0.15, 0.2) is 39.9 Å². The van der Waals surface area contributed by atoms with Gasteiger partial charge >= 0.3 is 5.97 Å². The molecule has 0 atom stereocenters. The lowest BCUT2D eigenvalue weighted by atomic mass is 10.3.